The summed E-state index contributed by atoms with van der Waals surface area (Å²) in [5.74, 6) is 0.281. The van der Waals surface area contributed by atoms with E-state index in [2.05, 4.69) is 6.58 Å². The summed E-state index contributed by atoms with van der Waals surface area (Å²) in [4.78, 5) is 0. The summed E-state index contributed by atoms with van der Waals surface area (Å²) >= 11 is 0. The number of benzene rings is 1. The van der Waals surface area contributed by atoms with Gasteiger partial charge in [-0.3, -0.25) is 0 Å². The molecule has 0 atom stereocenters. The van der Waals surface area contributed by atoms with E-state index in [0.717, 1.165) is 11.1 Å². The van der Waals surface area contributed by atoms with Gasteiger partial charge in [-0.05, 0) is 24.1 Å². The van der Waals surface area contributed by atoms with Crippen molar-refractivity contribution >= 4 is 5.57 Å². The first-order chi connectivity index (χ1) is 5.70. The number of rotatable bonds is 2. The number of hydrogen-bond donors (Lipinski definition) is 1. The van der Waals surface area contributed by atoms with Crippen molar-refractivity contribution in [2.45, 2.75) is 6.92 Å². The van der Waals surface area contributed by atoms with Gasteiger partial charge in [0.25, 0.3) is 0 Å². The SMILES string of the molecule is C=C(/C=C(\C)O)c1ccccc1. The summed E-state index contributed by atoms with van der Waals surface area (Å²) in [5.41, 5.74) is 1.86. The lowest BCUT2D eigenvalue weighted by Crippen LogP contribution is -1.79. The van der Waals surface area contributed by atoms with Crippen LogP contribution in [0.15, 0.2) is 48.7 Å². The first-order valence-corrected chi connectivity index (χ1v) is 3.82. The highest BCUT2D eigenvalue weighted by Crippen LogP contribution is 2.13. The summed E-state index contributed by atoms with van der Waals surface area (Å²) in [6.07, 6.45) is 1.65. The molecule has 1 N–H and O–H groups in total. The molecule has 1 aromatic carbocycles. The third kappa shape index (κ3) is 2.27. The van der Waals surface area contributed by atoms with E-state index < -0.39 is 0 Å². The van der Waals surface area contributed by atoms with Gasteiger partial charge in [0.2, 0.25) is 0 Å². The van der Waals surface area contributed by atoms with Crippen molar-refractivity contribution in [1.82, 2.24) is 0 Å². The Kier molecular flexibility index (Phi) is 2.70. The Morgan fingerprint density at radius 3 is 2.42 bits per heavy atom. The van der Waals surface area contributed by atoms with E-state index in [1.54, 1.807) is 13.0 Å². The highest BCUT2D eigenvalue weighted by molar-refractivity contribution is 5.71. The number of aliphatic hydroxyl groups excluding tert-OH is 1. The lowest BCUT2D eigenvalue weighted by Gasteiger charge is -1.99. The van der Waals surface area contributed by atoms with Gasteiger partial charge in [0.05, 0.1) is 5.76 Å². The summed E-state index contributed by atoms with van der Waals surface area (Å²) in [7, 11) is 0. The van der Waals surface area contributed by atoms with E-state index in [0.29, 0.717) is 0 Å². The van der Waals surface area contributed by atoms with Crippen LogP contribution in [0.2, 0.25) is 0 Å². The molecule has 12 heavy (non-hydrogen) atoms. The summed E-state index contributed by atoms with van der Waals surface area (Å²) < 4.78 is 0. The average molecular weight is 160 g/mol. The molecule has 0 aliphatic heterocycles. The molecule has 0 spiro atoms. The molecule has 0 fully saturated rings. The fourth-order valence-electron chi connectivity index (χ4n) is 0.988. The average Bonchev–Trinajstić information content (AvgIpc) is 2.05. The van der Waals surface area contributed by atoms with Crippen molar-refractivity contribution in [2.24, 2.45) is 0 Å². The van der Waals surface area contributed by atoms with Crippen molar-refractivity contribution < 1.29 is 5.11 Å². The molecule has 1 nitrogen and oxygen atoms in total. The minimum Gasteiger partial charge on any atom is -0.513 e. The lowest BCUT2D eigenvalue weighted by molar-refractivity contribution is 0.415. The third-order valence-electron chi connectivity index (χ3n) is 1.53. The lowest BCUT2D eigenvalue weighted by atomic mass is 10.1. The van der Waals surface area contributed by atoms with E-state index >= 15 is 0 Å². The number of hydrogen-bond acceptors (Lipinski definition) is 1. The van der Waals surface area contributed by atoms with Gasteiger partial charge in [0.15, 0.2) is 0 Å². The number of allylic oxidation sites excluding steroid dienone is 3. The molecule has 1 aromatic rings. The Morgan fingerprint density at radius 2 is 1.92 bits per heavy atom. The highest BCUT2D eigenvalue weighted by atomic mass is 16.3. The van der Waals surface area contributed by atoms with Gasteiger partial charge >= 0.3 is 0 Å². The second kappa shape index (κ2) is 3.77. The van der Waals surface area contributed by atoms with Crippen LogP contribution in [0.25, 0.3) is 5.57 Å². The molecule has 0 unspecified atom stereocenters. The fraction of sp³-hybridized carbons (Fsp3) is 0.0909. The highest BCUT2D eigenvalue weighted by Gasteiger charge is 1.93. The topological polar surface area (TPSA) is 20.2 Å². The molecule has 0 aromatic heterocycles. The second-order valence-corrected chi connectivity index (χ2v) is 2.68. The van der Waals surface area contributed by atoms with E-state index in [4.69, 9.17) is 5.11 Å². The van der Waals surface area contributed by atoms with Gasteiger partial charge in [0, 0.05) is 0 Å². The largest absolute Gasteiger partial charge is 0.513 e. The Balaban J connectivity index is 2.87. The van der Waals surface area contributed by atoms with E-state index in [9.17, 15) is 0 Å². The van der Waals surface area contributed by atoms with E-state index in [1.165, 1.54) is 0 Å². The van der Waals surface area contributed by atoms with Crippen LogP contribution in [0.1, 0.15) is 12.5 Å². The Labute approximate surface area is 72.7 Å². The molecule has 0 heterocycles. The smallest absolute Gasteiger partial charge is 0.0897 e. The van der Waals surface area contributed by atoms with Crippen LogP contribution in [0.4, 0.5) is 0 Å². The molecule has 1 heteroatoms. The zero-order chi connectivity index (χ0) is 8.97. The predicted octanol–water partition coefficient (Wildman–Crippen LogP) is 3.16. The molecular weight excluding hydrogens is 148 g/mol. The van der Waals surface area contributed by atoms with Crippen molar-refractivity contribution in [3.8, 4) is 0 Å². The molecule has 0 saturated carbocycles. The Bertz CT molecular complexity index is 292. The van der Waals surface area contributed by atoms with Gasteiger partial charge in [-0.25, -0.2) is 0 Å². The van der Waals surface area contributed by atoms with Gasteiger partial charge in [-0.1, -0.05) is 36.9 Å². The molecule has 0 amide bonds. The molecule has 1 rings (SSSR count). The predicted molar refractivity (Wildman–Crippen MR) is 51.9 cm³/mol. The minimum atomic E-state index is 0.281. The molecule has 0 aliphatic rings. The Hall–Kier alpha value is -1.50. The van der Waals surface area contributed by atoms with Crippen LogP contribution in [-0.4, -0.2) is 5.11 Å². The van der Waals surface area contributed by atoms with E-state index in [1.807, 2.05) is 30.3 Å². The molecule has 0 saturated heterocycles. The second-order valence-electron chi connectivity index (χ2n) is 2.68. The first-order valence-electron chi connectivity index (χ1n) is 3.82. The molecular formula is C11H12O. The zero-order valence-corrected chi connectivity index (χ0v) is 7.12. The third-order valence-corrected chi connectivity index (χ3v) is 1.53. The number of aliphatic hydroxyl groups is 1. The van der Waals surface area contributed by atoms with Crippen LogP contribution >= 0.6 is 0 Å². The molecule has 0 aliphatic carbocycles. The van der Waals surface area contributed by atoms with Gasteiger partial charge < -0.3 is 5.11 Å². The first kappa shape index (κ1) is 8.60. The van der Waals surface area contributed by atoms with Crippen molar-refractivity contribution in [3.05, 3.63) is 54.3 Å². The minimum absolute atomic E-state index is 0.281. The van der Waals surface area contributed by atoms with Crippen LogP contribution in [0.3, 0.4) is 0 Å². The maximum absolute atomic E-state index is 8.98. The normalized spacial score (nSPS) is 11.2. The van der Waals surface area contributed by atoms with Crippen LogP contribution in [0, 0.1) is 0 Å². The maximum atomic E-state index is 8.98. The summed E-state index contributed by atoms with van der Waals surface area (Å²) in [5, 5.41) is 8.98. The Morgan fingerprint density at radius 1 is 1.33 bits per heavy atom. The molecule has 0 radical (unpaired) electrons. The van der Waals surface area contributed by atoms with Crippen molar-refractivity contribution in [2.75, 3.05) is 0 Å². The van der Waals surface area contributed by atoms with Crippen LogP contribution in [-0.2, 0) is 0 Å². The summed E-state index contributed by atoms with van der Waals surface area (Å²) in [6.45, 7) is 5.46. The van der Waals surface area contributed by atoms with Crippen LogP contribution in [0.5, 0.6) is 0 Å². The van der Waals surface area contributed by atoms with Crippen molar-refractivity contribution in [1.29, 1.82) is 0 Å². The maximum Gasteiger partial charge on any atom is 0.0897 e. The molecule has 0 bridgehead atoms. The van der Waals surface area contributed by atoms with Crippen molar-refractivity contribution in [3.63, 3.8) is 0 Å². The van der Waals surface area contributed by atoms with Gasteiger partial charge in [-0.15, -0.1) is 0 Å². The quantitative estimate of drug-likeness (QED) is 0.520. The standard InChI is InChI=1S/C11H12O/c1-9(8-10(2)12)11-6-4-3-5-7-11/h3-8,12H,1H2,2H3/b10-8+. The fourth-order valence-corrected chi connectivity index (χ4v) is 0.988. The van der Waals surface area contributed by atoms with Gasteiger partial charge in [0.1, 0.15) is 0 Å². The van der Waals surface area contributed by atoms with E-state index in [-0.39, 0.29) is 5.76 Å². The summed E-state index contributed by atoms with van der Waals surface area (Å²) in [6, 6.07) is 9.76. The zero-order valence-electron chi connectivity index (χ0n) is 7.12. The van der Waals surface area contributed by atoms with Crippen LogP contribution < -0.4 is 0 Å². The van der Waals surface area contributed by atoms with Gasteiger partial charge in [-0.2, -0.15) is 0 Å². The molecule has 62 valence electrons. The monoisotopic (exact) mass is 160 g/mol.